The van der Waals surface area contributed by atoms with Crippen LogP contribution in [0.4, 0.5) is 0 Å². The number of sulfonamides is 1. The van der Waals surface area contributed by atoms with Gasteiger partial charge in [0.2, 0.25) is 15.9 Å². The van der Waals surface area contributed by atoms with Gasteiger partial charge in [-0.2, -0.15) is 4.31 Å². The third-order valence-corrected chi connectivity index (χ3v) is 7.30. The van der Waals surface area contributed by atoms with Crippen molar-refractivity contribution in [2.75, 3.05) is 20.2 Å². The first-order chi connectivity index (χ1) is 15.0. The van der Waals surface area contributed by atoms with Gasteiger partial charge in [0.25, 0.3) is 0 Å². The standard InChI is InChI=1S/C21H25N5O4S/c1-30-20-7-3-2-6-16(20)15-22-21(27)10-13-26-19-9-8-17(14-18(19)23-24-26)31(28,29)25-11-4-5-12-25/h2-3,6-9,14H,4-5,10-13,15H2,1H3,(H,22,27). The fourth-order valence-corrected chi connectivity index (χ4v) is 5.23. The summed E-state index contributed by atoms with van der Waals surface area (Å²) in [6, 6.07) is 12.3. The van der Waals surface area contributed by atoms with Gasteiger partial charge < -0.3 is 10.1 Å². The summed E-state index contributed by atoms with van der Waals surface area (Å²) in [6.07, 6.45) is 2.00. The SMILES string of the molecule is COc1ccccc1CNC(=O)CCn1nnc2cc(S(=O)(=O)N3CCCC3)ccc21. The lowest BCUT2D eigenvalue weighted by atomic mass is 10.2. The van der Waals surface area contributed by atoms with Crippen LogP contribution >= 0.6 is 0 Å². The average Bonchev–Trinajstić information content (AvgIpc) is 3.46. The number of aryl methyl sites for hydroxylation is 1. The second-order valence-corrected chi connectivity index (χ2v) is 9.35. The molecule has 0 saturated carbocycles. The van der Waals surface area contributed by atoms with Crippen molar-refractivity contribution < 1.29 is 17.9 Å². The van der Waals surface area contributed by atoms with E-state index >= 15 is 0 Å². The van der Waals surface area contributed by atoms with E-state index in [9.17, 15) is 13.2 Å². The van der Waals surface area contributed by atoms with Gasteiger partial charge in [0.05, 0.1) is 24.1 Å². The molecule has 1 aromatic heterocycles. The zero-order valence-electron chi connectivity index (χ0n) is 17.3. The van der Waals surface area contributed by atoms with Crippen LogP contribution in [0.2, 0.25) is 0 Å². The number of ether oxygens (including phenoxy) is 1. The molecule has 1 fully saturated rings. The van der Waals surface area contributed by atoms with E-state index in [4.69, 9.17) is 4.74 Å². The summed E-state index contributed by atoms with van der Waals surface area (Å²) in [5, 5.41) is 11.1. The predicted octanol–water partition coefficient (Wildman–Crippen LogP) is 1.93. The molecule has 0 spiro atoms. The van der Waals surface area contributed by atoms with Crippen molar-refractivity contribution in [1.29, 1.82) is 0 Å². The number of carbonyl (C=O) groups is 1. The van der Waals surface area contributed by atoms with Crippen molar-refractivity contribution in [2.45, 2.75) is 37.2 Å². The lowest BCUT2D eigenvalue weighted by Crippen LogP contribution is -2.27. The summed E-state index contributed by atoms with van der Waals surface area (Å²) in [5.74, 6) is 0.604. The molecule has 0 atom stereocenters. The number of hydrogen-bond acceptors (Lipinski definition) is 6. The highest BCUT2D eigenvalue weighted by atomic mass is 32.2. The Balaban J connectivity index is 1.39. The van der Waals surface area contributed by atoms with Gasteiger partial charge in [-0.05, 0) is 37.1 Å². The fourth-order valence-electron chi connectivity index (χ4n) is 3.69. The minimum atomic E-state index is -3.50. The van der Waals surface area contributed by atoms with Crippen LogP contribution < -0.4 is 10.1 Å². The molecule has 1 aliphatic heterocycles. The summed E-state index contributed by atoms with van der Waals surface area (Å²) in [5.41, 5.74) is 2.09. The van der Waals surface area contributed by atoms with E-state index in [2.05, 4.69) is 15.6 Å². The molecule has 4 rings (SSSR count). The number of fused-ring (bicyclic) bond motifs is 1. The van der Waals surface area contributed by atoms with Crippen LogP contribution in [-0.4, -0.2) is 53.8 Å². The van der Waals surface area contributed by atoms with Crippen LogP contribution in [0.25, 0.3) is 11.0 Å². The van der Waals surface area contributed by atoms with E-state index in [1.807, 2.05) is 24.3 Å². The van der Waals surface area contributed by atoms with Crippen LogP contribution in [0.15, 0.2) is 47.4 Å². The molecular formula is C21H25N5O4S. The lowest BCUT2D eigenvalue weighted by molar-refractivity contribution is -0.121. The van der Waals surface area contributed by atoms with E-state index in [1.165, 1.54) is 4.31 Å². The van der Waals surface area contributed by atoms with Crippen molar-refractivity contribution in [1.82, 2.24) is 24.6 Å². The lowest BCUT2D eigenvalue weighted by Gasteiger charge is -2.15. The maximum Gasteiger partial charge on any atom is 0.243 e. The maximum atomic E-state index is 12.7. The van der Waals surface area contributed by atoms with Crippen LogP contribution in [0.5, 0.6) is 5.75 Å². The summed E-state index contributed by atoms with van der Waals surface area (Å²) in [7, 11) is -1.91. The van der Waals surface area contributed by atoms with Crippen LogP contribution in [-0.2, 0) is 27.9 Å². The second kappa shape index (κ2) is 9.03. The summed E-state index contributed by atoms with van der Waals surface area (Å²) in [4.78, 5) is 12.5. The zero-order chi connectivity index (χ0) is 21.8. The third kappa shape index (κ3) is 4.54. The van der Waals surface area contributed by atoms with E-state index in [0.29, 0.717) is 37.2 Å². The number of nitrogens with one attached hydrogen (secondary N) is 1. The molecule has 0 aliphatic carbocycles. The number of hydrogen-bond donors (Lipinski definition) is 1. The molecule has 2 aromatic carbocycles. The second-order valence-electron chi connectivity index (χ2n) is 7.41. The quantitative estimate of drug-likeness (QED) is 0.570. The number of amides is 1. The fraction of sp³-hybridized carbons (Fsp3) is 0.381. The van der Waals surface area contributed by atoms with Gasteiger partial charge in [0, 0.05) is 31.6 Å². The molecule has 9 nitrogen and oxygen atoms in total. The molecule has 1 saturated heterocycles. The molecule has 1 N–H and O–H groups in total. The third-order valence-electron chi connectivity index (χ3n) is 5.41. The molecule has 164 valence electrons. The Morgan fingerprint density at radius 3 is 2.71 bits per heavy atom. The monoisotopic (exact) mass is 443 g/mol. The Morgan fingerprint density at radius 1 is 1.16 bits per heavy atom. The van der Waals surface area contributed by atoms with Crippen LogP contribution in [0.3, 0.4) is 0 Å². The predicted molar refractivity (Wildman–Crippen MR) is 115 cm³/mol. The maximum absolute atomic E-state index is 12.7. The van der Waals surface area contributed by atoms with E-state index in [1.54, 1.807) is 30.0 Å². The number of aromatic nitrogens is 3. The number of rotatable bonds is 8. The minimum Gasteiger partial charge on any atom is -0.496 e. The normalized spacial score (nSPS) is 14.7. The first-order valence-electron chi connectivity index (χ1n) is 10.2. The molecular weight excluding hydrogens is 418 g/mol. The number of carbonyl (C=O) groups excluding carboxylic acids is 1. The van der Waals surface area contributed by atoms with Gasteiger partial charge in [0.1, 0.15) is 11.3 Å². The van der Waals surface area contributed by atoms with Gasteiger partial charge in [-0.15, -0.1) is 5.10 Å². The smallest absolute Gasteiger partial charge is 0.243 e. The van der Waals surface area contributed by atoms with Gasteiger partial charge in [-0.1, -0.05) is 23.4 Å². The van der Waals surface area contributed by atoms with Crippen molar-refractivity contribution in [3.8, 4) is 5.75 Å². The molecule has 1 amide bonds. The van der Waals surface area contributed by atoms with Gasteiger partial charge in [-0.3, -0.25) is 4.79 Å². The molecule has 0 radical (unpaired) electrons. The van der Waals surface area contributed by atoms with E-state index in [-0.39, 0.29) is 17.2 Å². The van der Waals surface area contributed by atoms with Crippen molar-refractivity contribution in [3.05, 3.63) is 48.0 Å². The van der Waals surface area contributed by atoms with E-state index < -0.39 is 10.0 Å². The van der Waals surface area contributed by atoms with Gasteiger partial charge in [-0.25, -0.2) is 13.1 Å². The molecule has 0 bridgehead atoms. The highest BCUT2D eigenvalue weighted by molar-refractivity contribution is 7.89. The Morgan fingerprint density at radius 2 is 1.94 bits per heavy atom. The van der Waals surface area contributed by atoms with E-state index in [0.717, 1.165) is 24.2 Å². The molecule has 3 aromatic rings. The van der Waals surface area contributed by atoms with Crippen LogP contribution in [0.1, 0.15) is 24.8 Å². The number of methoxy groups -OCH3 is 1. The highest BCUT2D eigenvalue weighted by Crippen LogP contribution is 2.24. The summed E-state index contributed by atoms with van der Waals surface area (Å²) in [6.45, 7) is 1.82. The topological polar surface area (TPSA) is 106 Å². The largest absolute Gasteiger partial charge is 0.496 e. The number of para-hydroxylation sites is 1. The molecule has 0 unspecified atom stereocenters. The molecule has 10 heteroatoms. The highest BCUT2D eigenvalue weighted by Gasteiger charge is 2.27. The zero-order valence-corrected chi connectivity index (χ0v) is 18.1. The number of benzene rings is 2. The molecule has 1 aliphatic rings. The molecule has 31 heavy (non-hydrogen) atoms. The Kier molecular flexibility index (Phi) is 6.19. The number of nitrogens with zero attached hydrogens (tertiary/aromatic N) is 4. The Hall–Kier alpha value is -2.98. The van der Waals surface area contributed by atoms with Gasteiger partial charge in [0.15, 0.2) is 0 Å². The first-order valence-corrected chi connectivity index (χ1v) is 11.6. The summed E-state index contributed by atoms with van der Waals surface area (Å²) < 4.78 is 33.9. The van der Waals surface area contributed by atoms with Gasteiger partial charge >= 0.3 is 0 Å². The molecule has 2 heterocycles. The average molecular weight is 444 g/mol. The Labute approximate surface area is 181 Å². The van der Waals surface area contributed by atoms with Crippen molar-refractivity contribution in [2.24, 2.45) is 0 Å². The summed E-state index contributed by atoms with van der Waals surface area (Å²) >= 11 is 0. The van der Waals surface area contributed by atoms with Crippen molar-refractivity contribution in [3.63, 3.8) is 0 Å². The minimum absolute atomic E-state index is 0.122. The first kappa shape index (κ1) is 21.3. The Bertz CT molecular complexity index is 1190. The van der Waals surface area contributed by atoms with Crippen molar-refractivity contribution >= 4 is 27.0 Å². The van der Waals surface area contributed by atoms with Crippen LogP contribution in [0, 0.1) is 0 Å².